The van der Waals surface area contributed by atoms with Crippen LogP contribution in [-0.4, -0.2) is 72.3 Å². The molecule has 2 aliphatic heterocycles. The van der Waals surface area contributed by atoms with Crippen LogP contribution < -0.4 is 0 Å². The number of rotatable bonds is 7. The number of hydrogen-bond donors (Lipinski definition) is 3. The SMILES string of the molecule is C1CC2CC1C1CC3CC3C21.CC.CC(CC1CO1)C(O)C(O)CC1CO1.CC1CC1.COC1CCCCC1O. The minimum atomic E-state index is -0.656. The number of aliphatic hydroxyl groups excluding tert-OH is 3. The molecule has 0 spiro atoms. The van der Waals surface area contributed by atoms with Crippen molar-refractivity contribution in [2.45, 2.75) is 148 Å². The molecular formula is C34H62O6. The quantitative estimate of drug-likeness (QED) is 0.328. The molecular weight excluding hydrogens is 504 g/mol. The monoisotopic (exact) mass is 566 g/mol. The van der Waals surface area contributed by atoms with Crippen LogP contribution in [0.5, 0.6) is 0 Å². The molecule has 0 radical (unpaired) electrons. The molecule has 0 aromatic rings. The van der Waals surface area contributed by atoms with Crippen molar-refractivity contribution in [2.75, 3.05) is 20.3 Å². The van der Waals surface area contributed by atoms with E-state index in [1.807, 2.05) is 20.8 Å². The Morgan fingerprint density at radius 1 is 0.775 bits per heavy atom. The van der Waals surface area contributed by atoms with E-state index >= 15 is 0 Å². The summed E-state index contributed by atoms with van der Waals surface area (Å²) in [6.45, 7) is 9.76. The summed E-state index contributed by atoms with van der Waals surface area (Å²) < 4.78 is 15.1. The first-order valence-electron chi connectivity index (χ1n) is 17.1. The third kappa shape index (κ3) is 9.64. The van der Waals surface area contributed by atoms with Crippen LogP contribution >= 0.6 is 0 Å². The molecule has 2 bridgehead atoms. The molecule has 0 aromatic carbocycles. The third-order valence-electron chi connectivity index (χ3n) is 11.0. The Balaban J connectivity index is 0.000000128. The van der Waals surface area contributed by atoms with E-state index in [2.05, 4.69) is 6.92 Å². The van der Waals surface area contributed by atoms with Crippen molar-refractivity contribution in [3.05, 3.63) is 0 Å². The van der Waals surface area contributed by atoms with Crippen LogP contribution in [0.15, 0.2) is 0 Å². The van der Waals surface area contributed by atoms with Crippen LogP contribution in [0, 0.1) is 47.3 Å². The molecule has 13 atom stereocenters. The molecule has 8 rings (SSSR count). The van der Waals surface area contributed by atoms with E-state index in [0.717, 1.165) is 44.8 Å². The van der Waals surface area contributed by atoms with Gasteiger partial charge in [0.1, 0.15) is 0 Å². The van der Waals surface area contributed by atoms with Crippen molar-refractivity contribution in [1.29, 1.82) is 0 Å². The summed E-state index contributed by atoms with van der Waals surface area (Å²) in [5.74, 6) is 8.55. The van der Waals surface area contributed by atoms with Gasteiger partial charge in [0.25, 0.3) is 0 Å². The Morgan fingerprint density at radius 3 is 1.82 bits per heavy atom. The van der Waals surface area contributed by atoms with Gasteiger partial charge in [0.2, 0.25) is 0 Å². The lowest BCUT2D eigenvalue weighted by molar-refractivity contribution is -0.0359. The number of fused-ring (bicyclic) bond motifs is 7. The van der Waals surface area contributed by atoms with Crippen molar-refractivity contribution in [2.24, 2.45) is 47.3 Å². The Labute approximate surface area is 244 Å². The van der Waals surface area contributed by atoms with Gasteiger partial charge < -0.3 is 29.5 Å². The van der Waals surface area contributed by atoms with Gasteiger partial charge in [-0.15, -0.1) is 0 Å². The molecule has 6 heteroatoms. The average Bonchev–Trinajstić information content (AvgIpc) is 3.85. The van der Waals surface area contributed by atoms with E-state index in [4.69, 9.17) is 14.2 Å². The van der Waals surface area contributed by atoms with Crippen molar-refractivity contribution in [3.8, 4) is 0 Å². The van der Waals surface area contributed by atoms with Gasteiger partial charge in [0, 0.05) is 13.5 Å². The standard InChI is InChI=1S/C11H16.C10H18O4.C7H14O2.C4H8.C2H6/c1-2-7-3-6(1)9-4-8-5-10(8)11(7)9;1-6(2-7-4-13-7)10(12)9(11)3-8-5-14-8;1-9-7-5-3-2-4-6(7)8;1-4-2-3-4;1-2/h6-11H,1-5H2;6-12H,2-5H2,1H3;6-8H,2-5H2,1H3;4H,2-3H2,1H3;1-2H3. The molecule has 234 valence electrons. The lowest BCUT2D eigenvalue weighted by Gasteiger charge is -2.26. The molecule has 2 saturated heterocycles. The smallest absolute Gasteiger partial charge is 0.0835 e. The van der Waals surface area contributed by atoms with Crippen molar-refractivity contribution >= 4 is 0 Å². The number of epoxide rings is 2. The number of ether oxygens (including phenoxy) is 3. The highest BCUT2D eigenvalue weighted by Crippen LogP contribution is 2.70. The van der Waals surface area contributed by atoms with Gasteiger partial charge in [0.05, 0.1) is 49.8 Å². The van der Waals surface area contributed by atoms with E-state index in [0.29, 0.717) is 12.5 Å². The summed E-state index contributed by atoms with van der Waals surface area (Å²) in [5.41, 5.74) is 0. The fraction of sp³-hybridized carbons (Fsp3) is 1.00. The van der Waals surface area contributed by atoms with Gasteiger partial charge in [-0.25, -0.2) is 0 Å². The van der Waals surface area contributed by atoms with Crippen molar-refractivity contribution in [1.82, 2.24) is 0 Å². The highest BCUT2D eigenvalue weighted by Gasteiger charge is 2.62. The predicted octanol–water partition coefficient (Wildman–Crippen LogP) is 5.99. The second-order valence-electron chi connectivity index (χ2n) is 14.2. The van der Waals surface area contributed by atoms with Gasteiger partial charge in [-0.1, -0.05) is 53.4 Å². The normalized spacial score (nSPS) is 42.9. The minimum Gasteiger partial charge on any atom is -0.390 e. The van der Waals surface area contributed by atoms with Gasteiger partial charge in [-0.05, 0) is 98.7 Å². The fourth-order valence-electron chi connectivity index (χ4n) is 8.10. The molecule has 2 heterocycles. The summed E-state index contributed by atoms with van der Waals surface area (Å²) in [4.78, 5) is 0. The summed E-state index contributed by atoms with van der Waals surface area (Å²) in [6.07, 6.45) is 15.9. The Kier molecular flexibility index (Phi) is 12.6. The average molecular weight is 567 g/mol. The minimum absolute atomic E-state index is 0.0937. The molecule has 40 heavy (non-hydrogen) atoms. The van der Waals surface area contributed by atoms with Gasteiger partial charge in [0.15, 0.2) is 0 Å². The largest absolute Gasteiger partial charge is 0.390 e. The van der Waals surface area contributed by atoms with Gasteiger partial charge >= 0.3 is 0 Å². The Morgan fingerprint density at radius 2 is 1.32 bits per heavy atom. The summed E-state index contributed by atoms with van der Waals surface area (Å²) in [7, 11) is 1.67. The highest BCUT2D eigenvalue weighted by molar-refractivity contribution is 5.11. The summed E-state index contributed by atoms with van der Waals surface area (Å²) in [5, 5.41) is 28.7. The maximum atomic E-state index is 9.78. The molecule has 6 aliphatic carbocycles. The maximum Gasteiger partial charge on any atom is 0.0835 e. The first-order valence-corrected chi connectivity index (χ1v) is 17.1. The van der Waals surface area contributed by atoms with Crippen LogP contribution in [0.2, 0.25) is 0 Å². The van der Waals surface area contributed by atoms with E-state index in [-0.39, 0.29) is 24.2 Å². The van der Waals surface area contributed by atoms with E-state index < -0.39 is 12.2 Å². The molecule has 0 aromatic heterocycles. The zero-order valence-electron chi connectivity index (χ0n) is 26.3. The molecule has 13 unspecified atom stereocenters. The Bertz CT molecular complexity index is 701. The van der Waals surface area contributed by atoms with E-state index in [1.165, 1.54) is 54.8 Å². The molecule has 0 amide bonds. The van der Waals surface area contributed by atoms with E-state index in [1.54, 1.807) is 39.2 Å². The lowest BCUT2D eigenvalue weighted by Crippen LogP contribution is -2.33. The molecule has 8 fully saturated rings. The van der Waals surface area contributed by atoms with Crippen molar-refractivity contribution in [3.63, 3.8) is 0 Å². The Hall–Kier alpha value is -0.240. The maximum absolute atomic E-state index is 9.78. The molecule has 6 saturated carbocycles. The van der Waals surface area contributed by atoms with Crippen LogP contribution in [0.4, 0.5) is 0 Å². The molecule has 6 nitrogen and oxygen atoms in total. The topological polar surface area (TPSA) is 95.0 Å². The summed E-state index contributed by atoms with van der Waals surface area (Å²) >= 11 is 0. The second kappa shape index (κ2) is 15.5. The second-order valence-corrected chi connectivity index (χ2v) is 14.2. The first kappa shape index (κ1) is 32.7. The molecule has 3 N–H and O–H groups in total. The fourth-order valence-corrected chi connectivity index (χ4v) is 8.10. The predicted molar refractivity (Wildman–Crippen MR) is 159 cm³/mol. The van der Waals surface area contributed by atoms with Crippen LogP contribution in [0.1, 0.15) is 111 Å². The third-order valence-corrected chi connectivity index (χ3v) is 11.0. The van der Waals surface area contributed by atoms with Gasteiger partial charge in [-0.2, -0.15) is 0 Å². The van der Waals surface area contributed by atoms with Crippen LogP contribution in [0.25, 0.3) is 0 Å². The van der Waals surface area contributed by atoms with Crippen LogP contribution in [-0.2, 0) is 14.2 Å². The lowest BCUT2D eigenvalue weighted by atomic mass is 9.79. The number of methoxy groups -OCH3 is 1. The zero-order chi connectivity index (χ0) is 28.8. The first-order chi connectivity index (χ1) is 19.3. The van der Waals surface area contributed by atoms with Crippen LogP contribution in [0.3, 0.4) is 0 Å². The van der Waals surface area contributed by atoms with Gasteiger partial charge in [-0.3, -0.25) is 0 Å². The summed E-state index contributed by atoms with van der Waals surface area (Å²) in [6, 6.07) is 0. The van der Waals surface area contributed by atoms with E-state index in [9.17, 15) is 15.3 Å². The number of hydrogen-bond acceptors (Lipinski definition) is 6. The highest BCUT2D eigenvalue weighted by atomic mass is 16.6. The van der Waals surface area contributed by atoms with Crippen molar-refractivity contribution < 1.29 is 29.5 Å². The molecule has 8 aliphatic rings. The zero-order valence-corrected chi connectivity index (χ0v) is 26.3. The number of aliphatic hydroxyl groups is 3.